The highest BCUT2D eigenvalue weighted by Gasteiger charge is 2.52. The molecule has 15 heavy (non-hydrogen) atoms. The third-order valence-electron chi connectivity index (χ3n) is 2.98. The number of rotatable bonds is 1. The molecule has 1 atom stereocenters. The van der Waals surface area contributed by atoms with Crippen molar-refractivity contribution in [2.75, 3.05) is 0 Å². The first-order valence-electron chi connectivity index (χ1n) is 5.37. The normalized spacial score (nSPS) is 30.1. The lowest BCUT2D eigenvalue weighted by molar-refractivity contribution is -0.134. The minimum absolute atomic E-state index is 0.0254. The van der Waals surface area contributed by atoms with E-state index in [1.54, 1.807) is 0 Å². The molecule has 1 aliphatic heterocycles. The largest absolute Gasteiger partial charge is 0.343 e. The van der Waals surface area contributed by atoms with E-state index in [4.69, 9.17) is 0 Å². The molecule has 0 saturated carbocycles. The molecule has 1 aliphatic rings. The van der Waals surface area contributed by atoms with Crippen molar-refractivity contribution in [3.8, 4) is 0 Å². The summed E-state index contributed by atoms with van der Waals surface area (Å²) in [5.41, 5.74) is -1.54. The molecular formula is C12H21NO2. The zero-order valence-electron chi connectivity index (χ0n) is 10.5. The molecule has 0 bridgehead atoms. The average Bonchev–Trinajstić information content (AvgIpc) is 2.19. The van der Waals surface area contributed by atoms with Gasteiger partial charge in [0.2, 0.25) is 5.91 Å². The molecule has 1 saturated heterocycles. The van der Waals surface area contributed by atoms with Gasteiger partial charge in [0.25, 0.3) is 0 Å². The summed E-state index contributed by atoms with van der Waals surface area (Å²) in [4.78, 5) is 23.9. The van der Waals surface area contributed by atoms with Gasteiger partial charge < -0.3 is 5.32 Å². The highest BCUT2D eigenvalue weighted by molar-refractivity contribution is 6.00. The maximum absolute atomic E-state index is 12.2. The zero-order chi connectivity index (χ0) is 12.1. The second-order valence-electron chi connectivity index (χ2n) is 6.43. The van der Waals surface area contributed by atoms with Crippen LogP contribution in [0.15, 0.2) is 0 Å². The molecule has 1 N–H and O–H groups in total. The van der Waals surface area contributed by atoms with Crippen LogP contribution in [0, 0.1) is 10.8 Å². The Hall–Kier alpha value is -0.860. The fourth-order valence-electron chi connectivity index (χ4n) is 2.39. The van der Waals surface area contributed by atoms with E-state index in [9.17, 15) is 9.59 Å². The summed E-state index contributed by atoms with van der Waals surface area (Å²) in [7, 11) is 0. The van der Waals surface area contributed by atoms with E-state index in [2.05, 4.69) is 5.32 Å². The molecule has 1 heterocycles. The molecule has 3 heteroatoms. The smallest absolute Gasteiger partial charge is 0.226 e. The zero-order valence-corrected chi connectivity index (χ0v) is 10.5. The predicted molar refractivity (Wildman–Crippen MR) is 59.4 cm³/mol. The summed E-state index contributed by atoms with van der Waals surface area (Å²) >= 11 is 0. The van der Waals surface area contributed by atoms with Gasteiger partial charge in [0.15, 0.2) is 5.78 Å². The number of carbonyl (C=O) groups excluding carboxylic acids is 2. The minimum atomic E-state index is -0.696. The maximum atomic E-state index is 12.2. The van der Waals surface area contributed by atoms with Crippen LogP contribution >= 0.6 is 0 Å². The first-order chi connectivity index (χ1) is 6.49. The summed E-state index contributed by atoms with van der Waals surface area (Å²) in [6.45, 7) is 11.2. The van der Waals surface area contributed by atoms with Crippen LogP contribution in [0.5, 0.6) is 0 Å². The summed E-state index contributed by atoms with van der Waals surface area (Å²) in [5, 5.41) is 2.84. The van der Waals surface area contributed by atoms with Crippen molar-refractivity contribution in [2.24, 2.45) is 10.8 Å². The van der Waals surface area contributed by atoms with Crippen LogP contribution in [0.25, 0.3) is 0 Å². The van der Waals surface area contributed by atoms with Crippen molar-refractivity contribution in [1.82, 2.24) is 5.32 Å². The third kappa shape index (κ3) is 2.06. The Bertz CT molecular complexity index is 312. The highest BCUT2D eigenvalue weighted by atomic mass is 16.2. The van der Waals surface area contributed by atoms with Crippen molar-refractivity contribution in [3.63, 3.8) is 0 Å². The summed E-state index contributed by atoms with van der Waals surface area (Å²) in [6.07, 6.45) is 0.578. The van der Waals surface area contributed by atoms with Gasteiger partial charge in [0.05, 0.1) is 5.54 Å². The number of Topliss-reactive ketones (excluding diaryl/α,β-unsaturated/α-hetero) is 1. The van der Waals surface area contributed by atoms with Crippen LogP contribution in [0.4, 0.5) is 0 Å². The van der Waals surface area contributed by atoms with E-state index in [0.29, 0.717) is 6.42 Å². The van der Waals surface area contributed by atoms with E-state index >= 15 is 0 Å². The molecule has 1 rings (SSSR count). The molecule has 0 aromatic carbocycles. The highest BCUT2D eigenvalue weighted by Crippen LogP contribution is 2.38. The van der Waals surface area contributed by atoms with E-state index in [0.717, 1.165) is 0 Å². The van der Waals surface area contributed by atoms with Crippen LogP contribution in [-0.2, 0) is 9.59 Å². The maximum Gasteiger partial charge on any atom is 0.226 e. The molecule has 3 nitrogen and oxygen atoms in total. The molecule has 0 radical (unpaired) electrons. The van der Waals surface area contributed by atoms with Crippen molar-refractivity contribution in [2.45, 2.75) is 53.5 Å². The number of carbonyl (C=O) groups is 2. The van der Waals surface area contributed by atoms with Gasteiger partial charge >= 0.3 is 0 Å². The minimum Gasteiger partial charge on any atom is -0.343 e. The standard InChI is InChI=1S/C12H21NO2/c1-10(2,3)8(14)12(6)7-11(4,5)9(15)13-12/h7H2,1-6H3,(H,13,15). The van der Waals surface area contributed by atoms with Crippen LogP contribution in [0.2, 0.25) is 0 Å². The van der Waals surface area contributed by atoms with Crippen LogP contribution in [0.3, 0.4) is 0 Å². The fourth-order valence-corrected chi connectivity index (χ4v) is 2.39. The van der Waals surface area contributed by atoms with Crippen molar-refractivity contribution in [3.05, 3.63) is 0 Å². The molecule has 1 amide bonds. The van der Waals surface area contributed by atoms with Crippen molar-refractivity contribution < 1.29 is 9.59 Å². The Labute approximate surface area is 91.6 Å². The first-order valence-corrected chi connectivity index (χ1v) is 5.37. The lowest BCUT2D eigenvalue weighted by Crippen LogP contribution is -2.50. The monoisotopic (exact) mass is 211 g/mol. The van der Waals surface area contributed by atoms with E-state index in [1.165, 1.54) is 0 Å². The Morgan fingerprint density at radius 3 is 2.00 bits per heavy atom. The Balaban J connectivity index is 2.99. The van der Waals surface area contributed by atoms with Gasteiger partial charge in [-0.05, 0) is 13.3 Å². The van der Waals surface area contributed by atoms with E-state index in [-0.39, 0.29) is 11.7 Å². The van der Waals surface area contributed by atoms with Gasteiger partial charge in [-0.1, -0.05) is 34.6 Å². The van der Waals surface area contributed by atoms with Gasteiger partial charge in [-0.2, -0.15) is 0 Å². The molecule has 1 unspecified atom stereocenters. The number of hydrogen-bond donors (Lipinski definition) is 1. The average molecular weight is 211 g/mol. The molecular weight excluding hydrogens is 190 g/mol. The third-order valence-corrected chi connectivity index (χ3v) is 2.98. The second kappa shape index (κ2) is 3.06. The molecule has 0 aromatic rings. The predicted octanol–water partition coefficient (Wildman–Crippen LogP) is 1.91. The van der Waals surface area contributed by atoms with Gasteiger partial charge in [0.1, 0.15) is 0 Å². The quantitative estimate of drug-likeness (QED) is 0.720. The summed E-state index contributed by atoms with van der Waals surface area (Å²) in [6, 6.07) is 0. The number of hydrogen-bond acceptors (Lipinski definition) is 2. The SMILES string of the molecule is CC(C)(C)C(=O)C1(C)CC(C)(C)C(=O)N1. The van der Waals surface area contributed by atoms with Gasteiger partial charge in [0, 0.05) is 10.8 Å². The fraction of sp³-hybridized carbons (Fsp3) is 0.833. The Morgan fingerprint density at radius 1 is 1.27 bits per heavy atom. The molecule has 0 aliphatic carbocycles. The summed E-state index contributed by atoms with van der Waals surface area (Å²) in [5.74, 6) is 0.0801. The molecule has 0 spiro atoms. The Morgan fingerprint density at radius 2 is 1.73 bits per heavy atom. The van der Waals surface area contributed by atoms with Gasteiger partial charge in [-0.3, -0.25) is 9.59 Å². The second-order valence-corrected chi connectivity index (χ2v) is 6.43. The topological polar surface area (TPSA) is 46.2 Å². The lowest BCUT2D eigenvalue weighted by atomic mass is 9.75. The summed E-state index contributed by atoms with van der Waals surface area (Å²) < 4.78 is 0. The van der Waals surface area contributed by atoms with Crippen LogP contribution in [0.1, 0.15) is 48.0 Å². The van der Waals surface area contributed by atoms with E-state index < -0.39 is 16.4 Å². The number of amides is 1. The molecule has 0 aromatic heterocycles. The van der Waals surface area contributed by atoms with Crippen molar-refractivity contribution in [1.29, 1.82) is 0 Å². The first kappa shape index (κ1) is 12.2. The molecule has 86 valence electrons. The molecule has 1 fully saturated rings. The van der Waals surface area contributed by atoms with Crippen LogP contribution < -0.4 is 5.32 Å². The van der Waals surface area contributed by atoms with Crippen molar-refractivity contribution >= 4 is 11.7 Å². The number of nitrogens with one attached hydrogen (secondary N) is 1. The van der Waals surface area contributed by atoms with Gasteiger partial charge in [-0.15, -0.1) is 0 Å². The van der Waals surface area contributed by atoms with Gasteiger partial charge in [-0.25, -0.2) is 0 Å². The Kier molecular flexibility index (Phi) is 2.49. The van der Waals surface area contributed by atoms with E-state index in [1.807, 2.05) is 41.5 Å². The van der Waals surface area contributed by atoms with Crippen LogP contribution in [-0.4, -0.2) is 17.2 Å². The number of ketones is 1. The lowest BCUT2D eigenvalue weighted by Gasteiger charge is -2.30.